The van der Waals surface area contributed by atoms with Crippen LogP contribution in [0.15, 0.2) is 4.52 Å². The summed E-state index contributed by atoms with van der Waals surface area (Å²) in [6.07, 6.45) is 3.52. The number of nitrogens with one attached hydrogen (secondary N) is 1. The molecule has 19 heavy (non-hydrogen) atoms. The topological polar surface area (TPSA) is 60.2 Å². The fourth-order valence-corrected chi connectivity index (χ4v) is 2.82. The van der Waals surface area contributed by atoms with Gasteiger partial charge in [-0.3, -0.25) is 0 Å². The number of likely N-dealkylation sites (N-methyl/N-ethyl adjacent to an activating group) is 1. The minimum Gasteiger partial charge on any atom is -0.368 e. The Morgan fingerprint density at radius 3 is 2.84 bits per heavy atom. The first kappa shape index (κ1) is 14.5. The molecule has 1 aromatic rings. The Morgan fingerprint density at radius 1 is 1.37 bits per heavy atom. The first-order valence-electron chi connectivity index (χ1n) is 7.30. The molecule has 1 N–H and O–H groups in total. The fraction of sp³-hybridized carbons (Fsp3) is 0.857. The van der Waals surface area contributed by atoms with Gasteiger partial charge < -0.3 is 14.6 Å². The van der Waals surface area contributed by atoms with Crippen molar-refractivity contribution in [3.05, 3.63) is 11.7 Å². The van der Waals surface area contributed by atoms with Gasteiger partial charge in [-0.1, -0.05) is 18.5 Å². The predicted octanol–water partition coefficient (Wildman–Crippen LogP) is 2.59. The monoisotopic (exact) mass is 267 g/mol. The largest absolute Gasteiger partial charge is 0.368 e. The maximum Gasteiger partial charge on any atom is 0.231 e. The van der Waals surface area contributed by atoms with E-state index in [0.717, 1.165) is 18.9 Å². The molecular formula is C14H25N3O2. The van der Waals surface area contributed by atoms with Crippen LogP contribution < -0.4 is 5.32 Å². The Morgan fingerprint density at radius 2 is 2.16 bits per heavy atom. The number of nitrogens with zero attached hydrogens (tertiary/aromatic N) is 2. The quantitative estimate of drug-likeness (QED) is 0.858. The average molecular weight is 267 g/mol. The highest BCUT2D eigenvalue weighted by Crippen LogP contribution is 2.34. The van der Waals surface area contributed by atoms with Crippen molar-refractivity contribution in [1.82, 2.24) is 15.5 Å². The minimum absolute atomic E-state index is 0.346. The first-order chi connectivity index (χ1) is 9.08. The van der Waals surface area contributed by atoms with Crippen LogP contribution in [0.3, 0.4) is 0 Å². The van der Waals surface area contributed by atoms with Crippen LogP contribution in [0.5, 0.6) is 0 Å². The van der Waals surface area contributed by atoms with Crippen molar-refractivity contribution in [3.8, 4) is 0 Å². The van der Waals surface area contributed by atoms with E-state index in [9.17, 15) is 0 Å². The molecule has 2 atom stereocenters. The minimum atomic E-state index is -0.483. The van der Waals surface area contributed by atoms with Crippen LogP contribution in [0.4, 0.5) is 0 Å². The third kappa shape index (κ3) is 3.15. The summed E-state index contributed by atoms with van der Waals surface area (Å²) in [7, 11) is 0. The molecule has 0 saturated heterocycles. The van der Waals surface area contributed by atoms with Crippen molar-refractivity contribution in [1.29, 1.82) is 0 Å². The van der Waals surface area contributed by atoms with E-state index in [1.54, 1.807) is 0 Å². The van der Waals surface area contributed by atoms with Crippen LogP contribution >= 0.6 is 0 Å². The van der Waals surface area contributed by atoms with Crippen LogP contribution in [0, 0.1) is 0 Å². The molecule has 5 nitrogen and oxygen atoms in total. The molecular weight excluding hydrogens is 242 g/mol. The second kappa shape index (κ2) is 6.01. The molecule has 0 spiro atoms. The maximum absolute atomic E-state index is 5.67. The van der Waals surface area contributed by atoms with E-state index in [0.29, 0.717) is 24.4 Å². The van der Waals surface area contributed by atoms with Crippen molar-refractivity contribution in [3.63, 3.8) is 0 Å². The summed E-state index contributed by atoms with van der Waals surface area (Å²) in [4.78, 5) is 4.57. The molecule has 5 heteroatoms. The number of aromatic nitrogens is 2. The van der Waals surface area contributed by atoms with E-state index in [4.69, 9.17) is 9.26 Å². The average Bonchev–Trinajstić information content (AvgIpc) is 2.96. The second-order valence-electron chi connectivity index (χ2n) is 5.60. The molecule has 1 aliphatic carbocycles. The third-order valence-electron chi connectivity index (χ3n) is 3.78. The van der Waals surface area contributed by atoms with Gasteiger partial charge in [0.1, 0.15) is 5.60 Å². The molecule has 1 aliphatic rings. The molecule has 2 rings (SSSR count). The molecule has 1 fully saturated rings. The summed E-state index contributed by atoms with van der Waals surface area (Å²) >= 11 is 0. The number of hydrogen-bond donors (Lipinski definition) is 1. The molecule has 1 saturated carbocycles. The molecule has 1 aromatic heterocycles. The van der Waals surface area contributed by atoms with Crippen LogP contribution in [0.2, 0.25) is 0 Å². The predicted molar refractivity (Wildman–Crippen MR) is 73.0 cm³/mol. The summed E-state index contributed by atoms with van der Waals surface area (Å²) < 4.78 is 11.1. The van der Waals surface area contributed by atoms with Crippen LogP contribution in [0.1, 0.15) is 64.6 Å². The lowest BCUT2D eigenvalue weighted by atomic mass is 10.0. The lowest BCUT2D eigenvalue weighted by Gasteiger charge is -2.20. The zero-order valence-corrected chi connectivity index (χ0v) is 12.4. The zero-order valence-electron chi connectivity index (χ0n) is 12.4. The second-order valence-corrected chi connectivity index (χ2v) is 5.60. The summed E-state index contributed by atoms with van der Waals surface area (Å²) in [5.41, 5.74) is -0.483. The fourth-order valence-electron chi connectivity index (χ4n) is 2.82. The van der Waals surface area contributed by atoms with Crippen LogP contribution in [-0.4, -0.2) is 29.3 Å². The molecule has 0 radical (unpaired) electrons. The van der Waals surface area contributed by atoms with Gasteiger partial charge in [0.15, 0.2) is 0 Å². The Labute approximate surface area is 115 Å². The highest BCUT2D eigenvalue weighted by atomic mass is 16.5. The van der Waals surface area contributed by atoms with E-state index >= 15 is 0 Å². The number of hydrogen-bond acceptors (Lipinski definition) is 5. The van der Waals surface area contributed by atoms with Gasteiger partial charge in [-0.15, -0.1) is 0 Å². The summed E-state index contributed by atoms with van der Waals surface area (Å²) in [5.74, 6) is 1.75. The van der Waals surface area contributed by atoms with E-state index in [1.807, 2.05) is 20.8 Å². The van der Waals surface area contributed by atoms with Gasteiger partial charge in [0, 0.05) is 12.6 Å². The smallest absolute Gasteiger partial charge is 0.231 e. The standard InChI is InChI=1S/C14H25N3O2/c1-5-15-11-9-7-8-10(11)12-16-13(17-19-12)14(3,4)18-6-2/h10-11,15H,5-9H2,1-4H3. The van der Waals surface area contributed by atoms with Gasteiger partial charge in [0.05, 0.1) is 5.92 Å². The summed E-state index contributed by atoms with van der Waals surface area (Å²) in [6.45, 7) is 9.67. The van der Waals surface area contributed by atoms with Crippen LogP contribution in [-0.2, 0) is 10.3 Å². The van der Waals surface area contributed by atoms with E-state index in [-0.39, 0.29) is 0 Å². The Kier molecular flexibility index (Phi) is 4.58. The number of rotatable bonds is 6. The summed E-state index contributed by atoms with van der Waals surface area (Å²) in [5, 5.41) is 7.61. The Hall–Kier alpha value is -0.940. The zero-order chi connectivity index (χ0) is 13.9. The molecule has 0 amide bonds. The van der Waals surface area contributed by atoms with Gasteiger partial charge in [0.25, 0.3) is 0 Å². The lowest BCUT2D eigenvalue weighted by Crippen LogP contribution is -2.31. The van der Waals surface area contributed by atoms with Gasteiger partial charge in [0.2, 0.25) is 11.7 Å². The van der Waals surface area contributed by atoms with Crippen molar-refractivity contribution in [2.75, 3.05) is 13.2 Å². The van der Waals surface area contributed by atoms with Gasteiger partial charge in [-0.25, -0.2) is 0 Å². The van der Waals surface area contributed by atoms with Crippen molar-refractivity contribution < 1.29 is 9.26 Å². The Balaban J connectivity index is 2.12. The normalized spacial score (nSPS) is 24.0. The molecule has 0 bridgehead atoms. The van der Waals surface area contributed by atoms with E-state index < -0.39 is 5.60 Å². The first-order valence-corrected chi connectivity index (χ1v) is 7.30. The Bertz CT molecular complexity index is 403. The molecule has 2 unspecified atom stereocenters. The maximum atomic E-state index is 5.67. The molecule has 1 heterocycles. The van der Waals surface area contributed by atoms with E-state index in [1.165, 1.54) is 12.8 Å². The van der Waals surface area contributed by atoms with Crippen molar-refractivity contribution in [2.45, 2.75) is 64.5 Å². The lowest BCUT2D eigenvalue weighted by molar-refractivity contribution is -0.0221. The van der Waals surface area contributed by atoms with E-state index in [2.05, 4.69) is 22.4 Å². The summed E-state index contributed by atoms with van der Waals surface area (Å²) in [6, 6.07) is 0.466. The SMILES string of the molecule is CCNC1CCCC1c1nc(C(C)(C)OCC)no1. The van der Waals surface area contributed by atoms with Crippen molar-refractivity contribution in [2.24, 2.45) is 0 Å². The highest BCUT2D eigenvalue weighted by Gasteiger charge is 2.34. The molecule has 108 valence electrons. The van der Waals surface area contributed by atoms with Crippen LogP contribution in [0.25, 0.3) is 0 Å². The molecule has 0 aliphatic heterocycles. The highest BCUT2D eigenvalue weighted by molar-refractivity contribution is 5.05. The number of ether oxygens (including phenoxy) is 1. The van der Waals surface area contributed by atoms with Crippen molar-refractivity contribution >= 4 is 0 Å². The third-order valence-corrected chi connectivity index (χ3v) is 3.78. The van der Waals surface area contributed by atoms with Gasteiger partial charge in [-0.05, 0) is 40.2 Å². The molecule has 0 aromatic carbocycles. The van der Waals surface area contributed by atoms with Gasteiger partial charge in [-0.2, -0.15) is 4.98 Å². The van der Waals surface area contributed by atoms with Gasteiger partial charge >= 0.3 is 0 Å².